The van der Waals surface area contributed by atoms with E-state index < -0.39 is 23.7 Å². The first kappa shape index (κ1) is 18.1. The summed E-state index contributed by atoms with van der Waals surface area (Å²) < 4.78 is 12.8. The predicted octanol–water partition coefficient (Wildman–Crippen LogP) is 1.15. The fourth-order valence-electron chi connectivity index (χ4n) is 1.85. The predicted molar refractivity (Wildman–Crippen MR) is 82.2 cm³/mol. The van der Waals surface area contributed by atoms with E-state index in [9.17, 15) is 14.0 Å². The Labute approximate surface area is 129 Å². The molecule has 1 aromatic rings. The Morgan fingerprint density at radius 1 is 1.27 bits per heavy atom. The minimum atomic E-state index is -1.07. The number of hydrogen-bond acceptors (Lipinski definition) is 4. The zero-order valence-electron chi connectivity index (χ0n) is 12.8. The van der Waals surface area contributed by atoms with Crippen LogP contribution in [0.15, 0.2) is 24.3 Å². The summed E-state index contributed by atoms with van der Waals surface area (Å²) in [5, 5.41) is 14.5. The van der Waals surface area contributed by atoms with E-state index >= 15 is 0 Å². The molecule has 0 unspecified atom stereocenters. The van der Waals surface area contributed by atoms with E-state index in [-0.39, 0.29) is 6.42 Å². The van der Waals surface area contributed by atoms with Gasteiger partial charge in [0.25, 0.3) is 0 Å². The van der Waals surface area contributed by atoms with Gasteiger partial charge in [-0.2, -0.15) is 0 Å². The number of carbonyl (C=O) groups is 2. The van der Waals surface area contributed by atoms with Crippen LogP contribution in [0.3, 0.4) is 0 Å². The Morgan fingerprint density at radius 3 is 2.45 bits per heavy atom. The van der Waals surface area contributed by atoms with Gasteiger partial charge in [-0.15, -0.1) is 0 Å². The van der Waals surface area contributed by atoms with Gasteiger partial charge >= 0.3 is 5.97 Å². The lowest BCUT2D eigenvalue weighted by atomic mass is 10.2. The molecule has 0 bridgehead atoms. The number of anilines is 1. The molecule has 0 saturated heterocycles. The van der Waals surface area contributed by atoms with Crippen LogP contribution in [-0.2, 0) is 9.59 Å². The number of nitrogens with zero attached hydrogens (tertiary/aromatic N) is 1. The zero-order valence-corrected chi connectivity index (χ0v) is 12.8. The van der Waals surface area contributed by atoms with Gasteiger partial charge < -0.3 is 20.6 Å². The summed E-state index contributed by atoms with van der Waals surface area (Å²) in [7, 11) is 3.87. The molecule has 3 N–H and O–H groups in total. The Hall–Kier alpha value is -1.99. The molecular formula is C15H22FN3O3. The van der Waals surface area contributed by atoms with Crippen LogP contribution in [0.4, 0.5) is 10.1 Å². The Balaban J connectivity index is 2.43. The SMILES string of the molecule is CN(C)CCCN[C@H](CC(=O)Nc1ccc(F)cc1)C(=O)O. The molecule has 22 heavy (non-hydrogen) atoms. The smallest absolute Gasteiger partial charge is 0.321 e. The average Bonchev–Trinajstić information content (AvgIpc) is 2.44. The van der Waals surface area contributed by atoms with Crippen LogP contribution in [0.5, 0.6) is 0 Å². The number of carboxylic acid groups (broad SMARTS) is 1. The topological polar surface area (TPSA) is 81.7 Å². The van der Waals surface area contributed by atoms with Crippen molar-refractivity contribution in [2.45, 2.75) is 18.9 Å². The van der Waals surface area contributed by atoms with Crippen molar-refractivity contribution < 1.29 is 19.1 Å². The molecule has 0 aliphatic carbocycles. The molecule has 0 aliphatic heterocycles. The van der Waals surface area contributed by atoms with Crippen molar-refractivity contribution in [3.63, 3.8) is 0 Å². The summed E-state index contributed by atoms with van der Waals surface area (Å²) in [5.74, 6) is -1.90. The molecule has 0 heterocycles. The summed E-state index contributed by atoms with van der Waals surface area (Å²) in [6.45, 7) is 1.35. The van der Waals surface area contributed by atoms with Gasteiger partial charge in [-0.1, -0.05) is 0 Å². The summed E-state index contributed by atoms with van der Waals surface area (Å²) in [6, 6.07) is 4.36. The van der Waals surface area contributed by atoms with E-state index in [4.69, 9.17) is 5.11 Å². The monoisotopic (exact) mass is 311 g/mol. The molecule has 6 nitrogen and oxygen atoms in total. The average molecular weight is 311 g/mol. The summed E-state index contributed by atoms with van der Waals surface area (Å²) in [4.78, 5) is 25.0. The molecule has 122 valence electrons. The number of aliphatic carboxylic acids is 1. The third-order valence-electron chi connectivity index (χ3n) is 2.99. The fourth-order valence-corrected chi connectivity index (χ4v) is 1.85. The summed E-state index contributed by atoms with van der Waals surface area (Å²) >= 11 is 0. The van der Waals surface area contributed by atoms with Crippen LogP contribution < -0.4 is 10.6 Å². The molecule has 7 heteroatoms. The second kappa shape index (κ2) is 9.11. The quantitative estimate of drug-likeness (QED) is 0.596. The maximum atomic E-state index is 12.8. The standard InChI is InChI=1S/C15H22FN3O3/c1-19(2)9-3-8-17-13(15(21)22)10-14(20)18-12-6-4-11(16)5-7-12/h4-7,13,17H,3,8-10H2,1-2H3,(H,18,20)(H,21,22)/t13-/m1/s1. The molecule has 0 aromatic heterocycles. The van der Waals surface area contributed by atoms with Crippen molar-refractivity contribution in [2.24, 2.45) is 0 Å². The van der Waals surface area contributed by atoms with E-state index in [2.05, 4.69) is 10.6 Å². The van der Waals surface area contributed by atoms with Gasteiger partial charge in [-0.25, -0.2) is 4.39 Å². The molecule has 0 fully saturated rings. The van der Waals surface area contributed by atoms with Gasteiger partial charge in [0.15, 0.2) is 0 Å². The van der Waals surface area contributed by atoms with Crippen molar-refractivity contribution in [3.05, 3.63) is 30.1 Å². The van der Waals surface area contributed by atoms with Gasteiger partial charge in [-0.3, -0.25) is 9.59 Å². The van der Waals surface area contributed by atoms with Crippen molar-refractivity contribution >= 4 is 17.6 Å². The van der Waals surface area contributed by atoms with Gasteiger partial charge in [0.1, 0.15) is 11.9 Å². The van der Waals surface area contributed by atoms with Crippen LogP contribution in [0.1, 0.15) is 12.8 Å². The second-order valence-electron chi connectivity index (χ2n) is 5.26. The Morgan fingerprint density at radius 2 is 1.91 bits per heavy atom. The minimum Gasteiger partial charge on any atom is -0.480 e. The molecule has 0 saturated carbocycles. The third-order valence-corrected chi connectivity index (χ3v) is 2.99. The third kappa shape index (κ3) is 7.14. The molecule has 1 amide bonds. The van der Waals surface area contributed by atoms with Crippen molar-refractivity contribution in [3.8, 4) is 0 Å². The number of hydrogen-bond donors (Lipinski definition) is 3. The molecule has 1 atom stereocenters. The summed E-state index contributed by atoms with van der Waals surface area (Å²) in [5.41, 5.74) is 0.433. The lowest BCUT2D eigenvalue weighted by Gasteiger charge is -2.15. The lowest BCUT2D eigenvalue weighted by Crippen LogP contribution is -2.40. The molecular weight excluding hydrogens is 289 g/mol. The fraction of sp³-hybridized carbons (Fsp3) is 0.467. The van der Waals surface area contributed by atoms with Crippen LogP contribution >= 0.6 is 0 Å². The van der Waals surface area contributed by atoms with E-state index in [1.54, 1.807) is 0 Å². The Kier molecular flexibility index (Phi) is 7.48. The number of amides is 1. The number of carbonyl (C=O) groups excluding carboxylic acids is 1. The van der Waals surface area contributed by atoms with Gasteiger partial charge in [0, 0.05) is 5.69 Å². The van der Waals surface area contributed by atoms with Gasteiger partial charge in [-0.05, 0) is 57.9 Å². The highest BCUT2D eigenvalue weighted by molar-refractivity contribution is 5.93. The largest absolute Gasteiger partial charge is 0.480 e. The van der Waals surface area contributed by atoms with Gasteiger partial charge in [0.05, 0.1) is 6.42 Å². The molecule has 0 radical (unpaired) electrons. The first-order chi connectivity index (χ1) is 10.4. The molecule has 0 spiro atoms. The highest BCUT2D eigenvalue weighted by Crippen LogP contribution is 2.09. The van der Waals surface area contributed by atoms with E-state index in [0.29, 0.717) is 12.2 Å². The summed E-state index contributed by atoms with van der Waals surface area (Å²) in [6.07, 6.45) is 0.602. The zero-order chi connectivity index (χ0) is 16.5. The number of halogens is 1. The number of nitrogens with one attached hydrogen (secondary N) is 2. The molecule has 1 rings (SSSR count). The number of benzene rings is 1. The van der Waals surface area contributed by atoms with Crippen LogP contribution in [0.25, 0.3) is 0 Å². The number of carboxylic acids is 1. The maximum absolute atomic E-state index is 12.8. The first-order valence-electron chi connectivity index (χ1n) is 7.05. The Bertz CT molecular complexity index is 491. The van der Waals surface area contributed by atoms with Crippen LogP contribution in [0, 0.1) is 5.82 Å². The van der Waals surface area contributed by atoms with Gasteiger partial charge in [0.2, 0.25) is 5.91 Å². The van der Waals surface area contributed by atoms with E-state index in [1.165, 1.54) is 24.3 Å². The van der Waals surface area contributed by atoms with Crippen molar-refractivity contribution in [1.29, 1.82) is 0 Å². The van der Waals surface area contributed by atoms with Crippen LogP contribution in [0.2, 0.25) is 0 Å². The van der Waals surface area contributed by atoms with E-state index in [1.807, 2.05) is 19.0 Å². The normalized spacial score (nSPS) is 12.2. The first-order valence-corrected chi connectivity index (χ1v) is 7.05. The van der Waals surface area contributed by atoms with Crippen molar-refractivity contribution in [1.82, 2.24) is 10.2 Å². The molecule has 0 aliphatic rings. The minimum absolute atomic E-state index is 0.186. The van der Waals surface area contributed by atoms with Crippen LogP contribution in [-0.4, -0.2) is 55.1 Å². The maximum Gasteiger partial charge on any atom is 0.321 e. The lowest BCUT2D eigenvalue weighted by molar-refractivity contribution is -0.141. The highest BCUT2D eigenvalue weighted by Gasteiger charge is 2.20. The second-order valence-corrected chi connectivity index (χ2v) is 5.26. The number of rotatable bonds is 9. The van der Waals surface area contributed by atoms with Crippen molar-refractivity contribution in [2.75, 3.05) is 32.5 Å². The molecule has 1 aromatic carbocycles. The highest BCUT2D eigenvalue weighted by atomic mass is 19.1. The van der Waals surface area contributed by atoms with E-state index in [0.717, 1.165) is 13.0 Å².